The number of rotatable bonds is 3. The van der Waals surface area contributed by atoms with E-state index in [1.165, 1.54) is 109 Å². The lowest BCUT2D eigenvalue weighted by atomic mass is 9.95. The number of hydrogen-bond donors (Lipinski definition) is 0. The van der Waals surface area contributed by atoms with Gasteiger partial charge in [0, 0.05) is 32.3 Å². The van der Waals surface area contributed by atoms with Gasteiger partial charge in [-0.3, -0.25) is 0 Å². The van der Waals surface area contributed by atoms with Crippen molar-refractivity contribution >= 4 is 86.7 Å². The molecule has 0 saturated heterocycles. The highest BCUT2D eigenvalue weighted by molar-refractivity contribution is 6.23. The van der Waals surface area contributed by atoms with Crippen molar-refractivity contribution in [3.8, 4) is 22.5 Å². The van der Waals surface area contributed by atoms with E-state index < -0.39 is 0 Å². The van der Waals surface area contributed by atoms with Gasteiger partial charge in [-0.25, -0.2) is 0 Å². The van der Waals surface area contributed by atoms with Crippen molar-refractivity contribution in [2.75, 3.05) is 0 Å². The van der Waals surface area contributed by atoms with Gasteiger partial charge in [-0.05, 0) is 92.0 Å². The molecule has 54 heavy (non-hydrogen) atoms. The third-order valence-electron chi connectivity index (χ3n) is 11.7. The van der Waals surface area contributed by atoms with Gasteiger partial charge in [0.05, 0.1) is 33.4 Å². The molecular weight excluding hydrogens is 653 g/mol. The number of benzene rings is 10. The van der Waals surface area contributed by atoms with Gasteiger partial charge in [-0.1, -0.05) is 146 Å². The van der Waals surface area contributed by atoms with Crippen LogP contribution in [0, 0.1) is 0 Å². The summed E-state index contributed by atoms with van der Waals surface area (Å²) in [6.07, 6.45) is 0. The molecule has 0 spiro atoms. The van der Waals surface area contributed by atoms with E-state index in [4.69, 9.17) is 0 Å². The number of hydrogen-bond acceptors (Lipinski definition) is 0. The molecular formula is C52H32N2. The minimum Gasteiger partial charge on any atom is -0.309 e. The molecule has 0 fully saturated rings. The second kappa shape index (κ2) is 11.2. The molecule has 12 aromatic rings. The van der Waals surface area contributed by atoms with Crippen LogP contribution < -0.4 is 0 Å². The van der Waals surface area contributed by atoms with E-state index in [-0.39, 0.29) is 0 Å². The van der Waals surface area contributed by atoms with Crippen LogP contribution in [0.1, 0.15) is 0 Å². The van der Waals surface area contributed by atoms with Crippen LogP contribution in [0.3, 0.4) is 0 Å². The van der Waals surface area contributed by atoms with Crippen molar-refractivity contribution < 1.29 is 0 Å². The Hall–Kier alpha value is -7.16. The lowest BCUT2D eigenvalue weighted by molar-refractivity contribution is 1.20. The third kappa shape index (κ3) is 4.11. The van der Waals surface area contributed by atoms with Crippen LogP contribution in [0.4, 0.5) is 0 Å². The summed E-state index contributed by atoms with van der Waals surface area (Å²) in [6, 6.07) is 71.6. The zero-order chi connectivity index (χ0) is 35.3. The summed E-state index contributed by atoms with van der Waals surface area (Å²) in [5.41, 5.74) is 9.68. The maximum atomic E-state index is 2.48. The quantitative estimate of drug-likeness (QED) is 0.164. The van der Waals surface area contributed by atoms with Crippen molar-refractivity contribution in [3.05, 3.63) is 194 Å². The van der Waals surface area contributed by atoms with Gasteiger partial charge in [0.15, 0.2) is 0 Å². The molecule has 0 aliphatic rings. The summed E-state index contributed by atoms with van der Waals surface area (Å²) in [7, 11) is 0. The first kappa shape index (κ1) is 29.4. The van der Waals surface area contributed by atoms with Gasteiger partial charge in [0.25, 0.3) is 0 Å². The van der Waals surface area contributed by atoms with E-state index in [9.17, 15) is 0 Å². The first-order chi connectivity index (χ1) is 26.8. The molecule has 0 N–H and O–H groups in total. The highest BCUT2D eigenvalue weighted by Crippen LogP contribution is 2.42. The van der Waals surface area contributed by atoms with E-state index in [0.29, 0.717) is 0 Å². The molecule has 0 bridgehead atoms. The SMILES string of the molecule is c1ccc2c(-n3c4ccccc4c4cc(-c5ccc6c(c5)c5ccccc5n6-c5cc6ccc7ccccc7c6c6ccccc56)ccc43)cccc2c1. The van der Waals surface area contributed by atoms with E-state index in [0.717, 1.165) is 0 Å². The van der Waals surface area contributed by atoms with Crippen LogP contribution in [0.25, 0.3) is 109 Å². The van der Waals surface area contributed by atoms with E-state index in [1.54, 1.807) is 0 Å². The van der Waals surface area contributed by atoms with E-state index in [2.05, 4.69) is 203 Å². The van der Waals surface area contributed by atoms with Crippen molar-refractivity contribution in [1.82, 2.24) is 9.13 Å². The van der Waals surface area contributed by atoms with Gasteiger partial charge < -0.3 is 9.13 Å². The zero-order valence-corrected chi connectivity index (χ0v) is 29.4. The molecule has 0 atom stereocenters. The van der Waals surface area contributed by atoms with Crippen molar-refractivity contribution in [2.45, 2.75) is 0 Å². The lowest BCUT2D eigenvalue weighted by Gasteiger charge is -2.16. The van der Waals surface area contributed by atoms with Gasteiger partial charge in [-0.15, -0.1) is 0 Å². The Morgan fingerprint density at radius 3 is 1.37 bits per heavy atom. The maximum absolute atomic E-state index is 2.48. The standard InChI is InChI=1S/C52H32N2/c1-3-15-38-33(12-1)14-11-23-46(38)53-47-21-9-7-18-41(47)44-30-35(26-28-49(44)53)36-27-29-50-45(31-36)42-19-8-10-22-48(42)54(50)51-32-37-25-24-34-13-2-4-16-39(34)52(37)43-20-6-5-17-40(43)51/h1-32H. The predicted molar refractivity (Wildman–Crippen MR) is 231 cm³/mol. The molecule has 0 aliphatic heterocycles. The Kier molecular flexibility index (Phi) is 6.09. The first-order valence-electron chi connectivity index (χ1n) is 18.7. The zero-order valence-electron chi connectivity index (χ0n) is 29.4. The Labute approximate surface area is 311 Å². The summed E-state index contributed by atoms with van der Waals surface area (Å²) in [6.45, 7) is 0. The second-order valence-corrected chi connectivity index (χ2v) is 14.5. The van der Waals surface area contributed by atoms with Gasteiger partial charge in [0.2, 0.25) is 0 Å². The molecule has 0 amide bonds. The normalized spacial score (nSPS) is 12.1. The summed E-state index contributed by atoms with van der Waals surface area (Å²) in [4.78, 5) is 0. The number of fused-ring (bicyclic) bond motifs is 12. The molecule has 0 unspecified atom stereocenters. The highest BCUT2D eigenvalue weighted by atomic mass is 15.0. The predicted octanol–water partition coefficient (Wildman–Crippen LogP) is 14.2. The maximum Gasteiger partial charge on any atom is 0.0546 e. The van der Waals surface area contributed by atoms with E-state index >= 15 is 0 Å². The van der Waals surface area contributed by atoms with Crippen molar-refractivity contribution in [3.63, 3.8) is 0 Å². The molecule has 10 aromatic carbocycles. The van der Waals surface area contributed by atoms with Gasteiger partial charge in [0.1, 0.15) is 0 Å². The molecule has 2 nitrogen and oxygen atoms in total. The molecule has 2 aromatic heterocycles. The van der Waals surface area contributed by atoms with Crippen molar-refractivity contribution in [1.29, 1.82) is 0 Å². The Balaban J connectivity index is 1.08. The lowest BCUT2D eigenvalue weighted by Crippen LogP contribution is -1.96. The smallest absolute Gasteiger partial charge is 0.0546 e. The molecule has 0 saturated carbocycles. The fourth-order valence-corrected chi connectivity index (χ4v) is 9.27. The molecule has 0 radical (unpaired) electrons. The monoisotopic (exact) mass is 684 g/mol. The number of aromatic nitrogens is 2. The summed E-state index contributed by atoms with van der Waals surface area (Å²) in [5, 5.41) is 15.2. The fourth-order valence-electron chi connectivity index (χ4n) is 9.27. The van der Waals surface area contributed by atoms with Crippen LogP contribution in [0.15, 0.2) is 194 Å². The minimum atomic E-state index is 1.20. The van der Waals surface area contributed by atoms with Gasteiger partial charge in [-0.2, -0.15) is 0 Å². The second-order valence-electron chi connectivity index (χ2n) is 14.5. The Morgan fingerprint density at radius 1 is 0.241 bits per heavy atom. The average molecular weight is 685 g/mol. The Morgan fingerprint density at radius 2 is 0.704 bits per heavy atom. The van der Waals surface area contributed by atoms with Crippen LogP contribution in [-0.2, 0) is 0 Å². The summed E-state index contributed by atoms with van der Waals surface area (Å²) in [5.74, 6) is 0. The third-order valence-corrected chi connectivity index (χ3v) is 11.7. The minimum absolute atomic E-state index is 1.20. The van der Waals surface area contributed by atoms with Crippen LogP contribution >= 0.6 is 0 Å². The number of nitrogens with zero attached hydrogens (tertiary/aromatic N) is 2. The van der Waals surface area contributed by atoms with Crippen LogP contribution in [-0.4, -0.2) is 9.13 Å². The fraction of sp³-hybridized carbons (Fsp3) is 0. The van der Waals surface area contributed by atoms with Crippen molar-refractivity contribution in [2.24, 2.45) is 0 Å². The summed E-state index contributed by atoms with van der Waals surface area (Å²) < 4.78 is 4.91. The molecule has 250 valence electrons. The summed E-state index contributed by atoms with van der Waals surface area (Å²) >= 11 is 0. The first-order valence-corrected chi connectivity index (χ1v) is 18.7. The average Bonchev–Trinajstić information content (AvgIpc) is 3.75. The van der Waals surface area contributed by atoms with Gasteiger partial charge >= 0.3 is 0 Å². The highest BCUT2D eigenvalue weighted by Gasteiger charge is 2.19. The molecule has 2 heterocycles. The molecule has 0 aliphatic carbocycles. The Bertz CT molecular complexity index is 3500. The van der Waals surface area contributed by atoms with Crippen LogP contribution in [0.5, 0.6) is 0 Å². The number of para-hydroxylation sites is 2. The van der Waals surface area contributed by atoms with Crippen LogP contribution in [0.2, 0.25) is 0 Å². The van der Waals surface area contributed by atoms with E-state index in [1.807, 2.05) is 0 Å². The largest absolute Gasteiger partial charge is 0.309 e. The topological polar surface area (TPSA) is 9.86 Å². The molecule has 2 heteroatoms. The molecule has 12 rings (SSSR count).